The van der Waals surface area contributed by atoms with Crippen molar-refractivity contribution in [3.05, 3.63) is 28.9 Å². The van der Waals surface area contributed by atoms with E-state index in [4.69, 9.17) is 5.11 Å². The molecule has 0 atom stereocenters. The van der Waals surface area contributed by atoms with Gasteiger partial charge in [0.2, 0.25) is 0 Å². The van der Waals surface area contributed by atoms with Crippen LogP contribution in [0.15, 0.2) is 23.3 Å². The minimum Gasteiger partial charge on any atom is -0.481 e. The van der Waals surface area contributed by atoms with E-state index in [0.717, 1.165) is 0 Å². The van der Waals surface area contributed by atoms with Crippen LogP contribution in [0.2, 0.25) is 0 Å². The van der Waals surface area contributed by atoms with Gasteiger partial charge in [-0.1, -0.05) is 0 Å². The summed E-state index contributed by atoms with van der Waals surface area (Å²) in [5, 5.41) is 8.89. The maximum atomic E-state index is 11.2. The van der Waals surface area contributed by atoms with Crippen LogP contribution in [0.5, 0.6) is 0 Å². The molecule has 0 unspecified atom stereocenters. The third-order valence-corrected chi connectivity index (χ3v) is 2.34. The van der Waals surface area contributed by atoms with Crippen LogP contribution < -0.4 is 5.69 Å². The van der Waals surface area contributed by atoms with E-state index in [2.05, 4.69) is 4.98 Å². The standard InChI is InChI=1S/C10H14N2O3/c1-10(2,8(13)14)4-7-12-6-3-5-11-9(12)15/h3,5-6H,4,7H2,1-2H3,(H,13,14). The van der Waals surface area contributed by atoms with Crippen molar-refractivity contribution >= 4 is 5.97 Å². The molecular formula is C10H14N2O3. The monoisotopic (exact) mass is 210 g/mol. The van der Waals surface area contributed by atoms with E-state index in [1.165, 1.54) is 10.8 Å². The van der Waals surface area contributed by atoms with Gasteiger partial charge in [-0.25, -0.2) is 9.78 Å². The minimum atomic E-state index is -0.862. The highest BCUT2D eigenvalue weighted by Crippen LogP contribution is 2.20. The molecule has 0 radical (unpaired) electrons. The summed E-state index contributed by atoms with van der Waals surface area (Å²) in [4.78, 5) is 25.6. The van der Waals surface area contributed by atoms with Crippen molar-refractivity contribution in [3.63, 3.8) is 0 Å². The second kappa shape index (κ2) is 4.25. The van der Waals surface area contributed by atoms with Crippen LogP contribution in [0, 0.1) is 5.41 Å². The number of aromatic nitrogens is 2. The Balaban J connectivity index is 2.70. The summed E-state index contributed by atoms with van der Waals surface area (Å²) in [5.41, 5.74) is -1.17. The normalized spacial score (nSPS) is 11.3. The zero-order chi connectivity index (χ0) is 11.5. The number of rotatable bonds is 4. The number of hydrogen-bond acceptors (Lipinski definition) is 3. The highest BCUT2D eigenvalue weighted by molar-refractivity contribution is 5.73. The van der Waals surface area contributed by atoms with Gasteiger partial charge in [-0.2, -0.15) is 0 Å². The molecule has 0 spiro atoms. The molecule has 1 aromatic heterocycles. The van der Waals surface area contributed by atoms with Crippen LogP contribution in [0.25, 0.3) is 0 Å². The van der Waals surface area contributed by atoms with Crippen molar-refractivity contribution in [1.29, 1.82) is 0 Å². The first-order valence-corrected chi connectivity index (χ1v) is 4.68. The molecule has 15 heavy (non-hydrogen) atoms. The lowest BCUT2D eigenvalue weighted by Crippen LogP contribution is -2.29. The van der Waals surface area contributed by atoms with Gasteiger partial charge in [0.05, 0.1) is 5.41 Å². The van der Waals surface area contributed by atoms with Crippen LogP contribution in [0.4, 0.5) is 0 Å². The predicted octanol–water partition coefficient (Wildman–Crippen LogP) is 0.744. The summed E-state index contributed by atoms with van der Waals surface area (Å²) in [7, 11) is 0. The Kier molecular flexibility index (Phi) is 3.24. The molecule has 0 saturated carbocycles. The van der Waals surface area contributed by atoms with Gasteiger partial charge in [0.1, 0.15) is 0 Å². The molecule has 0 aromatic carbocycles. The number of hydrogen-bond donors (Lipinski definition) is 1. The van der Waals surface area contributed by atoms with Crippen molar-refractivity contribution in [2.45, 2.75) is 26.8 Å². The lowest BCUT2D eigenvalue weighted by molar-refractivity contribution is -0.147. The smallest absolute Gasteiger partial charge is 0.347 e. The Morgan fingerprint density at radius 2 is 2.27 bits per heavy atom. The second-order valence-corrected chi connectivity index (χ2v) is 4.03. The minimum absolute atomic E-state index is 0.348. The van der Waals surface area contributed by atoms with Crippen molar-refractivity contribution < 1.29 is 9.90 Å². The number of aryl methyl sites for hydroxylation is 1. The lowest BCUT2D eigenvalue weighted by Gasteiger charge is -2.18. The molecule has 5 nitrogen and oxygen atoms in total. The van der Waals surface area contributed by atoms with Gasteiger partial charge in [0.15, 0.2) is 0 Å². The third kappa shape index (κ3) is 2.90. The number of aliphatic carboxylic acids is 1. The van der Waals surface area contributed by atoms with Gasteiger partial charge in [-0.05, 0) is 26.3 Å². The van der Waals surface area contributed by atoms with Crippen LogP contribution in [-0.2, 0) is 11.3 Å². The van der Waals surface area contributed by atoms with E-state index in [0.29, 0.717) is 13.0 Å². The first kappa shape index (κ1) is 11.4. The van der Waals surface area contributed by atoms with Crippen LogP contribution in [0.1, 0.15) is 20.3 Å². The van der Waals surface area contributed by atoms with Crippen LogP contribution in [0.3, 0.4) is 0 Å². The molecule has 0 amide bonds. The number of carboxylic acids is 1. The largest absolute Gasteiger partial charge is 0.481 e. The Hall–Kier alpha value is -1.65. The fraction of sp³-hybridized carbons (Fsp3) is 0.500. The summed E-state index contributed by atoms with van der Waals surface area (Å²) < 4.78 is 1.41. The van der Waals surface area contributed by atoms with E-state index in [1.807, 2.05) is 0 Å². The average Bonchev–Trinajstić information content (AvgIpc) is 2.16. The summed E-state index contributed by atoms with van der Waals surface area (Å²) in [5.74, 6) is -0.862. The molecule has 0 aliphatic rings. The predicted molar refractivity (Wildman–Crippen MR) is 54.5 cm³/mol. The molecule has 1 N–H and O–H groups in total. The zero-order valence-electron chi connectivity index (χ0n) is 8.80. The third-order valence-electron chi connectivity index (χ3n) is 2.34. The first-order valence-electron chi connectivity index (χ1n) is 4.68. The number of carboxylic acid groups (broad SMARTS) is 1. The quantitative estimate of drug-likeness (QED) is 0.795. The van der Waals surface area contributed by atoms with Crippen LogP contribution >= 0.6 is 0 Å². The van der Waals surface area contributed by atoms with E-state index in [1.54, 1.807) is 26.1 Å². The average molecular weight is 210 g/mol. The second-order valence-electron chi connectivity index (χ2n) is 4.03. The Bertz CT molecular complexity index is 409. The van der Waals surface area contributed by atoms with Crippen LogP contribution in [-0.4, -0.2) is 20.6 Å². The maximum Gasteiger partial charge on any atom is 0.347 e. The van der Waals surface area contributed by atoms with Crippen molar-refractivity contribution in [1.82, 2.24) is 9.55 Å². The number of carbonyl (C=O) groups is 1. The maximum absolute atomic E-state index is 11.2. The molecule has 0 bridgehead atoms. The van der Waals surface area contributed by atoms with Crippen molar-refractivity contribution in [3.8, 4) is 0 Å². The van der Waals surface area contributed by atoms with Gasteiger partial charge in [-0.3, -0.25) is 9.36 Å². The number of nitrogens with zero attached hydrogens (tertiary/aromatic N) is 2. The Morgan fingerprint density at radius 1 is 1.60 bits per heavy atom. The summed E-state index contributed by atoms with van der Waals surface area (Å²) in [6.07, 6.45) is 3.42. The zero-order valence-corrected chi connectivity index (χ0v) is 8.80. The Morgan fingerprint density at radius 3 is 2.80 bits per heavy atom. The molecule has 1 aromatic rings. The molecular weight excluding hydrogens is 196 g/mol. The molecule has 0 aliphatic heterocycles. The van der Waals surface area contributed by atoms with E-state index < -0.39 is 11.4 Å². The molecule has 0 fully saturated rings. The highest BCUT2D eigenvalue weighted by Gasteiger charge is 2.26. The van der Waals surface area contributed by atoms with E-state index in [9.17, 15) is 9.59 Å². The summed E-state index contributed by atoms with van der Waals surface area (Å²) >= 11 is 0. The van der Waals surface area contributed by atoms with Gasteiger partial charge in [0, 0.05) is 18.9 Å². The van der Waals surface area contributed by atoms with Crippen molar-refractivity contribution in [2.75, 3.05) is 0 Å². The van der Waals surface area contributed by atoms with Crippen molar-refractivity contribution in [2.24, 2.45) is 5.41 Å². The van der Waals surface area contributed by atoms with Gasteiger partial charge in [-0.15, -0.1) is 0 Å². The molecule has 0 saturated heterocycles. The van der Waals surface area contributed by atoms with Gasteiger partial charge >= 0.3 is 11.7 Å². The Labute approximate surface area is 87.4 Å². The SMILES string of the molecule is CC(C)(CCn1cccnc1=O)C(=O)O. The molecule has 1 rings (SSSR count). The molecule has 5 heteroatoms. The lowest BCUT2D eigenvalue weighted by atomic mass is 9.90. The van der Waals surface area contributed by atoms with E-state index in [-0.39, 0.29) is 5.69 Å². The first-order chi connectivity index (χ1) is 6.93. The topological polar surface area (TPSA) is 72.2 Å². The molecule has 1 heterocycles. The molecule has 82 valence electrons. The fourth-order valence-electron chi connectivity index (χ4n) is 1.06. The molecule has 0 aliphatic carbocycles. The highest BCUT2D eigenvalue weighted by atomic mass is 16.4. The van der Waals surface area contributed by atoms with E-state index >= 15 is 0 Å². The van der Waals surface area contributed by atoms with Gasteiger partial charge in [0.25, 0.3) is 0 Å². The van der Waals surface area contributed by atoms with Gasteiger partial charge < -0.3 is 5.11 Å². The summed E-state index contributed by atoms with van der Waals surface area (Å²) in [6.45, 7) is 3.64. The fourth-order valence-corrected chi connectivity index (χ4v) is 1.06. The summed E-state index contributed by atoms with van der Waals surface area (Å²) in [6, 6.07) is 1.65.